The van der Waals surface area contributed by atoms with Gasteiger partial charge in [-0.3, -0.25) is 0 Å². The molecular formula is C40H58. The van der Waals surface area contributed by atoms with Crippen molar-refractivity contribution in [2.24, 2.45) is 11.8 Å². The number of unbranched alkanes of at least 4 members (excludes halogenated alkanes) is 11. The number of allylic oxidation sites excluding steroid dienone is 1. The Bertz CT molecular complexity index is 959. The highest BCUT2D eigenvalue weighted by Gasteiger charge is 2.20. The van der Waals surface area contributed by atoms with E-state index in [-0.39, 0.29) is 0 Å². The highest BCUT2D eigenvalue weighted by atomic mass is 14.3. The van der Waals surface area contributed by atoms with Gasteiger partial charge in [0.2, 0.25) is 0 Å². The summed E-state index contributed by atoms with van der Waals surface area (Å²) in [5.41, 5.74) is 5.13. The summed E-state index contributed by atoms with van der Waals surface area (Å²) in [4.78, 5) is 0. The molecule has 218 valence electrons. The van der Waals surface area contributed by atoms with Gasteiger partial charge in [-0.1, -0.05) is 145 Å². The molecule has 0 atom stereocenters. The molecule has 0 unspecified atom stereocenters. The summed E-state index contributed by atoms with van der Waals surface area (Å²) < 4.78 is 0. The zero-order chi connectivity index (χ0) is 28.1. The molecule has 1 saturated carbocycles. The minimum atomic E-state index is 0.939. The third-order valence-electron chi connectivity index (χ3n) is 9.16. The van der Waals surface area contributed by atoms with E-state index in [4.69, 9.17) is 0 Å². The average Bonchev–Trinajstić information content (AvgIpc) is 3.00. The molecule has 1 aliphatic carbocycles. The van der Waals surface area contributed by atoms with Gasteiger partial charge in [-0.15, -0.1) is 6.58 Å². The van der Waals surface area contributed by atoms with Gasteiger partial charge < -0.3 is 0 Å². The van der Waals surface area contributed by atoms with Crippen LogP contribution < -0.4 is 0 Å². The maximum atomic E-state index is 3.80. The van der Waals surface area contributed by atoms with Crippen LogP contribution in [-0.4, -0.2) is 0 Å². The zero-order valence-electron chi connectivity index (χ0n) is 25.9. The van der Waals surface area contributed by atoms with Crippen LogP contribution in [-0.2, 0) is 12.8 Å². The van der Waals surface area contributed by atoms with Crippen LogP contribution in [0.2, 0.25) is 0 Å². The van der Waals surface area contributed by atoms with Gasteiger partial charge in [0.05, 0.1) is 0 Å². The van der Waals surface area contributed by atoms with Crippen LogP contribution in [0.25, 0.3) is 0 Å². The second kappa shape index (κ2) is 20.6. The van der Waals surface area contributed by atoms with Crippen molar-refractivity contribution in [1.82, 2.24) is 0 Å². The fourth-order valence-electron chi connectivity index (χ4n) is 6.37. The molecule has 1 aliphatic rings. The molecule has 0 nitrogen and oxygen atoms in total. The third-order valence-corrected chi connectivity index (χ3v) is 9.16. The fraction of sp³-hybridized carbons (Fsp3) is 0.600. The minimum Gasteiger partial charge on any atom is -0.103 e. The van der Waals surface area contributed by atoms with E-state index < -0.39 is 0 Å². The monoisotopic (exact) mass is 538 g/mol. The lowest BCUT2D eigenvalue weighted by Crippen LogP contribution is -2.15. The largest absolute Gasteiger partial charge is 0.103 e. The Morgan fingerprint density at radius 1 is 0.575 bits per heavy atom. The molecule has 1 fully saturated rings. The molecule has 0 heterocycles. The topological polar surface area (TPSA) is 0 Å². The van der Waals surface area contributed by atoms with Gasteiger partial charge >= 0.3 is 0 Å². The van der Waals surface area contributed by atoms with Crippen LogP contribution in [0.15, 0.2) is 61.2 Å². The van der Waals surface area contributed by atoms with Crippen LogP contribution >= 0.6 is 0 Å². The molecule has 0 heteroatoms. The number of benzene rings is 2. The van der Waals surface area contributed by atoms with Gasteiger partial charge in [-0.2, -0.15) is 0 Å². The highest BCUT2D eigenvalue weighted by molar-refractivity contribution is 5.44. The second-order valence-electron chi connectivity index (χ2n) is 12.6. The van der Waals surface area contributed by atoms with Gasteiger partial charge in [-0.25, -0.2) is 0 Å². The summed E-state index contributed by atoms with van der Waals surface area (Å²) in [6.45, 7) is 6.11. The van der Waals surface area contributed by atoms with E-state index in [1.807, 2.05) is 6.08 Å². The summed E-state index contributed by atoms with van der Waals surface area (Å²) in [5, 5.41) is 0. The van der Waals surface area contributed by atoms with E-state index >= 15 is 0 Å². The summed E-state index contributed by atoms with van der Waals surface area (Å²) >= 11 is 0. The Morgan fingerprint density at radius 2 is 1.05 bits per heavy atom. The van der Waals surface area contributed by atoms with E-state index in [2.05, 4.69) is 73.9 Å². The van der Waals surface area contributed by atoms with E-state index in [0.717, 1.165) is 29.4 Å². The summed E-state index contributed by atoms with van der Waals surface area (Å²) in [5.74, 6) is 8.68. The molecule has 0 spiro atoms. The first kappa shape index (κ1) is 32.3. The Hall–Kier alpha value is -2.26. The van der Waals surface area contributed by atoms with Crippen LogP contribution in [0.1, 0.15) is 151 Å². The van der Waals surface area contributed by atoms with Crippen molar-refractivity contribution in [2.45, 2.75) is 142 Å². The molecular weight excluding hydrogens is 480 g/mol. The lowest BCUT2D eigenvalue weighted by atomic mass is 9.77. The predicted molar refractivity (Wildman–Crippen MR) is 177 cm³/mol. The van der Waals surface area contributed by atoms with Crippen LogP contribution in [0.4, 0.5) is 0 Å². The lowest BCUT2D eigenvalue weighted by Gasteiger charge is -2.28. The van der Waals surface area contributed by atoms with Gasteiger partial charge in [0.1, 0.15) is 0 Å². The second-order valence-corrected chi connectivity index (χ2v) is 12.6. The van der Waals surface area contributed by atoms with E-state index in [1.165, 1.54) is 140 Å². The summed E-state index contributed by atoms with van der Waals surface area (Å²) in [6, 6.07) is 17.9. The average molecular weight is 539 g/mol. The number of hydrogen-bond donors (Lipinski definition) is 0. The van der Waals surface area contributed by atoms with Crippen molar-refractivity contribution in [3.63, 3.8) is 0 Å². The Morgan fingerprint density at radius 3 is 1.62 bits per heavy atom. The molecule has 0 aliphatic heterocycles. The quantitative estimate of drug-likeness (QED) is 0.0947. The number of hydrogen-bond acceptors (Lipinski definition) is 0. The smallest absolute Gasteiger partial charge is 0.0249 e. The van der Waals surface area contributed by atoms with Gasteiger partial charge in [0.15, 0.2) is 0 Å². The van der Waals surface area contributed by atoms with Crippen LogP contribution in [0, 0.1) is 23.7 Å². The van der Waals surface area contributed by atoms with Crippen molar-refractivity contribution in [3.8, 4) is 11.8 Å². The van der Waals surface area contributed by atoms with Crippen LogP contribution in [0.5, 0.6) is 0 Å². The molecule has 0 N–H and O–H groups in total. The molecule has 0 bridgehead atoms. The SMILES string of the molecule is C=CCCCCCCc1ccc(C#Cc2ccc(CCC3CCC(CCCCCCCCCC)CC3)cc2)cc1. The molecule has 0 aromatic heterocycles. The van der Waals surface area contributed by atoms with Gasteiger partial charge in [-0.05, 0) is 85.8 Å². The van der Waals surface area contributed by atoms with Crippen molar-refractivity contribution in [2.75, 3.05) is 0 Å². The molecule has 0 radical (unpaired) electrons. The summed E-state index contributed by atoms with van der Waals surface area (Å²) in [6.07, 6.45) is 31.0. The first-order valence-electron chi connectivity index (χ1n) is 17.1. The lowest BCUT2D eigenvalue weighted by molar-refractivity contribution is 0.248. The Labute approximate surface area is 248 Å². The normalized spacial score (nSPS) is 16.8. The molecule has 40 heavy (non-hydrogen) atoms. The van der Waals surface area contributed by atoms with Crippen LogP contribution in [0.3, 0.4) is 0 Å². The number of aryl methyl sites for hydroxylation is 2. The Balaban J connectivity index is 1.27. The molecule has 0 saturated heterocycles. The van der Waals surface area contributed by atoms with Gasteiger partial charge in [0, 0.05) is 11.1 Å². The number of rotatable bonds is 19. The zero-order valence-corrected chi connectivity index (χ0v) is 25.9. The predicted octanol–water partition coefficient (Wildman–Crippen LogP) is 12.0. The molecule has 2 aromatic carbocycles. The molecule has 0 amide bonds. The van der Waals surface area contributed by atoms with Crippen molar-refractivity contribution >= 4 is 0 Å². The van der Waals surface area contributed by atoms with Crippen molar-refractivity contribution in [1.29, 1.82) is 0 Å². The van der Waals surface area contributed by atoms with Crippen molar-refractivity contribution in [3.05, 3.63) is 83.4 Å². The first-order valence-corrected chi connectivity index (χ1v) is 17.1. The maximum absolute atomic E-state index is 3.80. The third kappa shape index (κ3) is 13.9. The standard InChI is InChI=1S/C40H58/c1-3-5-7-9-11-12-14-16-18-36-21-25-38(26-22-36)28-30-40-33-31-39(32-34-40)29-27-37-23-19-35(20-24-37)17-15-13-10-8-6-4-2/h4,19-20,23-24,31-34,36,38H,2-3,5-18,21-22,25-26,28,30H2,1H3. The van der Waals surface area contributed by atoms with Crippen molar-refractivity contribution < 1.29 is 0 Å². The minimum absolute atomic E-state index is 0.939. The first-order chi connectivity index (χ1) is 19.8. The van der Waals surface area contributed by atoms with E-state index in [9.17, 15) is 0 Å². The highest BCUT2D eigenvalue weighted by Crippen LogP contribution is 2.34. The van der Waals surface area contributed by atoms with E-state index in [1.54, 1.807) is 0 Å². The fourth-order valence-corrected chi connectivity index (χ4v) is 6.37. The van der Waals surface area contributed by atoms with Gasteiger partial charge in [0.25, 0.3) is 0 Å². The molecule has 2 aromatic rings. The molecule has 3 rings (SSSR count). The van der Waals surface area contributed by atoms with E-state index in [0.29, 0.717) is 0 Å². The summed E-state index contributed by atoms with van der Waals surface area (Å²) in [7, 11) is 0. The maximum Gasteiger partial charge on any atom is 0.0249 e. The Kier molecular flexibility index (Phi) is 16.6.